The van der Waals surface area contributed by atoms with Crippen molar-refractivity contribution in [1.29, 1.82) is 0 Å². The highest BCUT2D eigenvalue weighted by Crippen LogP contribution is 2.17. The number of ether oxygens (including phenoxy) is 1. The van der Waals surface area contributed by atoms with Gasteiger partial charge in [0.2, 0.25) is 5.96 Å². The first-order valence-corrected chi connectivity index (χ1v) is 6.98. The molecule has 0 spiro atoms. The molecule has 10 heteroatoms. The van der Waals surface area contributed by atoms with Gasteiger partial charge in [0, 0.05) is 39.0 Å². The van der Waals surface area contributed by atoms with Crippen molar-refractivity contribution in [3.8, 4) is 0 Å². The van der Waals surface area contributed by atoms with Crippen molar-refractivity contribution >= 4 is 29.5 Å². The Morgan fingerprint density at radius 2 is 2.00 bits per heavy atom. The number of anilines is 1. The fourth-order valence-corrected chi connectivity index (χ4v) is 1.71. The van der Waals surface area contributed by atoms with Crippen LogP contribution in [0.2, 0.25) is 0 Å². The summed E-state index contributed by atoms with van der Waals surface area (Å²) in [5.41, 5.74) is 0.0961. The molecule has 0 aliphatic carbocycles. The van der Waals surface area contributed by atoms with Crippen LogP contribution >= 0.6 is 0 Å². The van der Waals surface area contributed by atoms with Gasteiger partial charge in [0.15, 0.2) is 0 Å². The molecule has 1 aromatic carbocycles. The largest absolute Gasteiger partial charge is 0.448 e. The highest BCUT2D eigenvalue weighted by atomic mass is 16.6. The van der Waals surface area contributed by atoms with E-state index in [1.807, 2.05) is 0 Å². The maximum Gasteiger partial charge on any atom is 0.436 e. The molecule has 3 amide bonds. The third-order valence-electron chi connectivity index (χ3n) is 2.77. The number of nitrogens with one attached hydrogen (secondary N) is 1. The van der Waals surface area contributed by atoms with Crippen molar-refractivity contribution in [2.75, 3.05) is 33.1 Å². The van der Waals surface area contributed by atoms with Crippen LogP contribution in [0.3, 0.4) is 0 Å². The van der Waals surface area contributed by atoms with E-state index < -0.39 is 17.0 Å². The SMILES string of the molecule is CCOC(=O)/N=C(/N(C)C)N(C)C(=O)Nc1cccc([N+](=O)[O-])c1. The first-order valence-electron chi connectivity index (χ1n) is 6.98. The Hall–Kier alpha value is -3.17. The van der Waals surface area contributed by atoms with Crippen LogP contribution in [0.4, 0.5) is 21.0 Å². The molecule has 0 heterocycles. The van der Waals surface area contributed by atoms with Gasteiger partial charge in [-0.05, 0) is 13.0 Å². The average Bonchev–Trinajstić information content (AvgIpc) is 2.52. The number of nitro groups is 1. The summed E-state index contributed by atoms with van der Waals surface area (Å²) < 4.78 is 4.73. The van der Waals surface area contributed by atoms with Crippen LogP contribution in [-0.4, -0.2) is 60.6 Å². The number of carbonyl (C=O) groups is 2. The van der Waals surface area contributed by atoms with E-state index in [1.54, 1.807) is 21.0 Å². The second-order valence-electron chi connectivity index (χ2n) is 4.80. The number of hydrogen-bond donors (Lipinski definition) is 1. The quantitative estimate of drug-likeness (QED) is 0.391. The lowest BCUT2D eigenvalue weighted by atomic mass is 10.3. The van der Waals surface area contributed by atoms with E-state index in [-0.39, 0.29) is 23.9 Å². The third kappa shape index (κ3) is 5.23. The van der Waals surface area contributed by atoms with Gasteiger partial charge in [-0.25, -0.2) is 9.59 Å². The fourth-order valence-electron chi connectivity index (χ4n) is 1.71. The smallest absolute Gasteiger partial charge is 0.436 e. The molecule has 0 radical (unpaired) electrons. The summed E-state index contributed by atoms with van der Waals surface area (Å²) in [6, 6.07) is 4.88. The Bertz CT molecular complexity index is 659. The highest BCUT2D eigenvalue weighted by Gasteiger charge is 2.19. The topological polar surface area (TPSA) is 117 Å². The summed E-state index contributed by atoms with van der Waals surface area (Å²) in [6.45, 7) is 1.80. The Morgan fingerprint density at radius 3 is 2.54 bits per heavy atom. The van der Waals surface area contributed by atoms with Gasteiger partial charge >= 0.3 is 12.1 Å². The molecule has 0 atom stereocenters. The minimum absolute atomic E-state index is 0.0522. The summed E-state index contributed by atoms with van der Waals surface area (Å²) in [7, 11) is 4.62. The zero-order chi connectivity index (χ0) is 18.3. The molecule has 0 bridgehead atoms. The number of rotatable bonds is 3. The Kier molecular flexibility index (Phi) is 6.65. The normalized spacial score (nSPS) is 10.8. The zero-order valence-corrected chi connectivity index (χ0v) is 13.8. The maximum absolute atomic E-state index is 12.3. The number of nitrogens with zero attached hydrogens (tertiary/aromatic N) is 4. The van der Waals surface area contributed by atoms with Gasteiger partial charge in [-0.3, -0.25) is 15.0 Å². The van der Waals surface area contributed by atoms with Crippen molar-refractivity contribution in [3.05, 3.63) is 34.4 Å². The molecule has 1 N–H and O–H groups in total. The standard InChI is InChI=1S/C14H19N5O5/c1-5-24-14(21)16-12(17(2)3)18(4)13(20)15-10-7-6-8-11(9-10)19(22)23/h6-9H,5H2,1-4H3,(H,15,20)/b16-12-. The molecule has 0 aliphatic rings. The number of non-ortho nitro benzene ring substituents is 1. The summed E-state index contributed by atoms with van der Waals surface area (Å²) in [6.07, 6.45) is -0.823. The molecular weight excluding hydrogens is 318 g/mol. The van der Waals surface area contributed by atoms with Crippen molar-refractivity contribution in [1.82, 2.24) is 9.80 Å². The second kappa shape index (κ2) is 8.46. The molecule has 0 saturated heterocycles. The monoisotopic (exact) mass is 337 g/mol. The van der Waals surface area contributed by atoms with E-state index in [4.69, 9.17) is 4.74 Å². The second-order valence-corrected chi connectivity index (χ2v) is 4.80. The number of amides is 3. The fraction of sp³-hybridized carbons (Fsp3) is 0.357. The first kappa shape index (κ1) is 18.9. The lowest BCUT2D eigenvalue weighted by molar-refractivity contribution is -0.384. The first-order chi connectivity index (χ1) is 11.3. The van der Waals surface area contributed by atoms with Crippen LogP contribution in [0.15, 0.2) is 29.3 Å². The number of aliphatic imine (C=N–C) groups is 1. The van der Waals surface area contributed by atoms with Gasteiger partial charge in [0.05, 0.1) is 11.5 Å². The van der Waals surface area contributed by atoms with Crippen LogP contribution in [0.5, 0.6) is 0 Å². The van der Waals surface area contributed by atoms with Crippen LogP contribution < -0.4 is 5.32 Å². The van der Waals surface area contributed by atoms with Gasteiger partial charge in [-0.15, -0.1) is 4.99 Å². The number of nitro benzene ring substituents is 1. The van der Waals surface area contributed by atoms with E-state index in [0.29, 0.717) is 0 Å². The summed E-state index contributed by atoms with van der Waals surface area (Å²) >= 11 is 0. The van der Waals surface area contributed by atoms with E-state index in [1.165, 1.54) is 36.2 Å². The molecule has 0 saturated carbocycles. The number of carbonyl (C=O) groups excluding carboxylic acids is 2. The van der Waals surface area contributed by atoms with Crippen LogP contribution in [-0.2, 0) is 4.74 Å². The Labute approximate surface area is 138 Å². The van der Waals surface area contributed by atoms with Crippen LogP contribution in [0.1, 0.15) is 6.92 Å². The van der Waals surface area contributed by atoms with Crippen molar-refractivity contribution in [3.63, 3.8) is 0 Å². The Balaban J connectivity index is 2.93. The average molecular weight is 337 g/mol. The molecule has 10 nitrogen and oxygen atoms in total. The predicted octanol–water partition coefficient (Wildman–Crippen LogP) is 2.13. The molecule has 0 aliphatic heterocycles. The minimum Gasteiger partial charge on any atom is -0.448 e. The predicted molar refractivity (Wildman–Crippen MR) is 88.0 cm³/mol. The number of benzene rings is 1. The molecule has 130 valence electrons. The van der Waals surface area contributed by atoms with Gasteiger partial charge in [-0.2, -0.15) is 0 Å². The van der Waals surface area contributed by atoms with Crippen molar-refractivity contribution in [2.45, 2.75) is 6.92 Å². The van der Waals surface area contributed by atoms with Gasteiger partial charge in [-0.1, -0.05) is 6.07 Å². The van der Waals surface area contributed by atoms with E-state index in [2.05, 4.69) is 10.3 Å². The maximum atomic E-state index is 12.3. The van der Waals surface area contributed by atoms with Gasteiger partial charge < -0.3 is 15.0 Å². The zero-order valence-electron chi connectivity index (χ0n) is 13.8. The molecule has 1 rings (SSSR count). The number of guanidine groups is 1. The molecule has 0 fully saturated rings. The van der Waals surface area contributed by atoms with Gasteiger partial charge in [0.1, 0.15) is 0 Å². The van der Waals surface area contributed by atoms with E-state index in [9.17, 15) is 19.7 Å². The van der Waals surface area contributed by atoms with E-state index >= 15 is 0 Å². The lowest BCUT2D eigenvalue weighted by Crippen LogP contribution is -2.44. The molecule has 0 unspecified atom stereocenters. The molecule has 1 aromatic rings. The number of urea groups is 1. The summed E-state index contributed by atoms with van der Waals surface area (Å²) in [5.74, 6) is 0.0522. The molecular formula is C14H19N5O5. The van der Waals surface area contributed by atoms with Gasteiger partial charge in [0.25, 0.3) is 5.69 Å². The van der Waals surface area contributed by atoms with Crippen molar-refractivity contribution < 1.29 is 19.2 Å². The lowest BCUT2D eigenvalue weighted by Gasteiger charge is -2.24. The van der Waals surface area contributed by atoms with Crippen molar-refractivity contribution in [2.24, 2.45) is 4.99 Å². The summed E-state index contributed by atoms with van der Waals surface area (Å²) in [4.78, 5) is 40.2. The number of hydrogen-bond acceptors (Lipinski definition) is 5. The minimum atomic E-state index is -0.823. The van der Waals surface area contributed by atoms with Crippen LogP contribution in [0.25, 0.3) is 0 Å². The third-order valence-corrected chi connectivity index (χ3v) is 2.77. The highest BCUT2D eigenvalue weighted by molar-refractivity contribution is 6.04. The summed E-state index contributed by atoms with van der Waals surface area (Å²) in [5, 5.41) is 13.3. The molecule has 0 aromatic heterocycles. The van der Waals surface area contributed by atoms with Crippen LogP contribution in [0, 0.1) is 10.1 Å². The Morgan fingerprint density at radius 1 is 1.33 bits per heavy atom. The molecule has 24 heavy (non-hydrogen) atoms. The van der Waals surface area contributed by atoms with E-state index in [0.717, 1.165) is 4.90 Å².